The number of aromatic carboxylic acids is 1. The van der Waals surface area contributed by atoms with E-state index in [1.54, 1.807) is 6.07 Å². The summed E-state index contributed by atoms with van der Waals surface area (Å²) < 4.78 is 1.33. The van der Waals surface area contributed by atoms with Crippen LogP contribution in [0.1, 0.15) is 33.6 Å². The molecule has 0 saturated carbocycles. The van der Waals surface area contributed by atoms with E-state index in [-0.39, 0.29) is 11.1 Å². The molecule has 118 valence electrons. The smallest absolute Gasteiger partial charge is 0.337 e. The number of fused-ring (bicyclic) bond motifs is 2. The van der Waals surface area contributed by atoms with Gasteiger partial charge in [0.05, 0.1) is 11.3 Å². The molecule has 1 aromatic carbocycles. The first-order valence-electron chi connectivity index (χ1n) is 7.68. The van der Waals surface area contributed by atoms with Gasteiger partial charge in [-0.15, -0.1) is 0 Å². The molecule has 0 amide bonds. The Morgan fingerprint density at radius 1 is 1.12 bits per heavy atom. The van der Waals surface area contributed by atoms with Crippen molar-refractivity contribution < 1.29 is 9.90 Å². The van der Waals surface area contributed by atoms with E-state index in [0.29, 0.717) is 17.6 Å². The van der Waals surface area contributed by atoms with Gasteiger partial charge in [0.1, 0.15) is 5.65 Å². The molecule has 0 saturated heterocycles. The van der Waals surface area contributed by atoms with Crippen LogP contribution in [-0.2, 0) is 6.42 Å². The van der Waals surface area contributed by atoms with Gasteiger partial charge in [0.15, 0.2) is 0 Å². The minimum atomic E-state index is -1.06. The third kappa shape index (κ3) is 2.31. The van der Waals surface area contributed by atoms with Crippen molar-refractivity contribution in [3.8, 4) is 0 Å². The zero-order valence-corrected chi connectivity index (χ0v) is 12.8. The molecular formula is C19H14N2O3. The number of pyridine rings is 1. The molecule has 2 heterocycles. The molecule has 2 aromatic heterocycles. The van der Waals surface area contributed by atoms with Gasteiger partial charge in [-0.1, -0.05) is 30.3 Å². The van der Waals surface area contributed by atoms with E-state index in [1.807, 2.05) is 30.3 Å². The first-order chi connectivity index (χ1) is 11.6. The normalized spacial score (nSPS) is 14.9. The number of benzene rings is 1. The highest BCUT2D eigenvalue weighted by Gasteiger charge is 2.23. The van der Waals surface area contributed by atoms with Crippen LogP contribution in [0.5, 0.6) is 0 Å². The number of allylic oxidation sites excluding steroid dienone is 1. The van der Waals surface area contributed by atoms with Crippen molar-refractivity contribution in [1.82, 2.24) is 9.38 Å². The number of carboxylic acids is 1. The van der Waals surface area contributed by atoms with Crippen molar-refractivity contribution in [1.29, 1.82) is 0 Å². The molecule has 1 aliphatic rings. The first kappa shape index (κ1) is 14.4. The molecule has 0 aliphatic heterocycles. The number of hydrogen-bond acceptors (Lipinski definition) is 3. The van der Waals surface area contributed by atoms with Gasteiger partial charge in [0, 0.05) is 11.8 Å². The van der Waals surface area contributed by atoms with Crippen LogP contribution in [0, 0.1) is 0 Å². The second-order valence-corrected chi connectivity index (χ2v) is 5.78. The SMILES string of the molecule is O=C(O)c1ccc2nc3c(c(=O)n2c1)CC/C3=C/c1ccccc1. The highest BCUT2D eigenvalue weighted by molar-refractivity contribution is 5.88. The van der Waals surface area contributed by atoms with E-state index >= 15 is 0 Å². The van der Waals surface area contributed by atoms with Crippen molar-refractivity contribution in [2.45, 2.75) is 12.8 Å². The third-order valence-corrected chi connectivity index (χ3v) is 4.25. The summed E-state index contributed by atoms with van der Waals surface area (Å²) in [6.07, 6.45) is 4.78. The van der Waals surface area contributed by atoms with E-state index in [4.69, 9.17) is 5.11 Å². The summed E-state index contributed by atoms with van der Waals surface area (Å²) in [5.41, 5.74) is 3.84. The quantitative estimate of drug-likeness (QED) is 0.788. The number of carbonyl (C=O) groups is 1. The first-order valence-corrected chi connectivity index (χ1v) is 7.68. The van der Waals surface area contributed by atoms with Crippen molar-refractivity contribution in [3.63, 3.8) is 0 Å². The van der Waals surface area contributed by atoms with Crippen molar-refractivity contribution >= 4 is 23.3 Å². The lowest BCUT2D eigenvalue weighted by atomic mass is 10.1. The molecule has 0 bridgehead atoms. The standard InChI is InChI=1S/C19H14N2O3/c22-18-15-8-6-13(10-12-4-2-1-3-5-12)17(15)20-16-9-7-14(19(23)24)11-21(16)18/h1-5,7,9-11H,6,8H2,(H,23,24)/b13-10-. The lowest BCUT2D eigenvalue weighted by Gasteiger charge is -2.06. The number of rotatable bonds is 2. The van der Waals surface area contributed by atoms with Crippen LogP contribution >= 0.6 is 0 Å². The highest BCUT2D eigenvalue weighted by atomic mass is 16.4. The summed E-state index contributed by atoms with van der Waals surface area (Å²) >= 11 is 0. The van der Waals surface area contributed by atoms with E-state index in [0.717, 1.165) is 23.3 Å². The summed E-state index contributed by atoms with van der Waals surface area (Å²) in [7, 11) is 0. The summed E-state index contributed by atoms with van der Waals surface area (Å²) in [6.45, 7) is 0. The lowest BCUT2D eigenvalue weighted by Crippen LogP contribution is -2.20. The zero-order valence-electron chi connectivity index (χ0n) is 12.8. The van der Waals surface area contributed by atoms with Gasteiger partial charge < -0.3 is 5.11 Å². The van der Waals surface area contributed by atoms with Crippen molar-refractivity contribution in [3.05, 3.63) is 81.4 Å². The molecular weight excluding hydrogens is 304 g/mol. The second-order valence-electron chi connectivity index (χ2n) is 5.78. The molecule has 0 unspecified atom stereocenters. The van der Waals surface area contributed by atoms with Gasteiger partial charge in [0.2, 0.25) is 0 Å². The Labute approximate surface area is 137 Å². The number of nitrogens with zero attached hydrogens (tertiary/aromatic N) is 2. The fourth-order valence-electron chi connectivity index (χ4n) is 3.06. The summed E-state index contributed by atoms with van der Waals surface area (Å²) in [4.78, 5) is 28.4. The predicted octanol–water partition coefficient (Wildman–Crippen LogP) is 2.88. The van der Waals surface area contributed by atoms with Gasteiger partial charge in [-0.05, 0) is 42.2 Å². The summed E-state index contributed by atoms with van der Waals surface area (Å²) in [5.74, 6) is -1.06. The van der Waals surface area contributed by atoms with E-state index in [9.17, 15) is 9.59 Å². The van der Waals surface area contributed by atoms with Crippen molar-refractivity contribution in [2.75, 3.05) is 0 Å². The molecule has 24 heavy (non-hydrogen) atoms. The van der Waals surface area contributed by atoms with Crippen molar-refractivity contribution in [2.24, 2.45) is 0 Å². The van der Waals surface area contributed by atoms with Crippen LogP contribution in [0.2, 0.25) is 0 Å². The molecule has 3 aromatic rings. The Morgan fingerprint density at radius 2 is 1.92 bits per heavy atom. The van der Waals surface area contributed by atoms with Gasteiger partial charge in [-0.25, -0.2) is 9.78 Å². The van der Waals surface area contributed by atoms with Gasteiger partial charge in [-0.2, -0.15) is 0 Å². The molecule has 1 aliphatic carbocycles. The van der Waals surface area contributed by atoms with Crippen LogP contribution < -0.4 is 5.56 Å². The minimum absolute atomic E-state index is 0.0735. The average molecular weight is 318 g/mol. The molecule has 1 N–H and O–H groups in total. The maximum atomic E-state index is 12.7. The van der Waals surface area contributed by atoms with Crippen LogP contribution in [0.3, 0.4) is 0 Å². The Bertz CT molecular complexity index is 1050. The molecule has 5 heteroatoms. The van der Waals surface area contributed by atoms with Crippen LogP contribution in [0.4, 0.5) is 0 Å². The molecule has 5 nitrogen and oxygen atoms in total. The van der Waals surface area contributed by atoms with Gasteiger partial charge >= 0.3 is 5.97 Å². The summed E-state index contributed by atoms with van der Waals surface area (Å²) in [6, 6.07) is 13.0. The Hall–Kier alpha value is -3.21. The van der Waals surface area contributed by atoms with Crippen LogP contribution in [0.15, 0.2) is 53.5 Å². The maximum Gasteiger partial charge on any atom is 0.337 e. The predicted molar refractivity (Wildman–Crippen MR) is 91.1 cm³/mol. The van der Waals surface area contributed by atoms with Crippen LogP contribution in [-0.4, -0.2) is 20.5 Å². The number of carboxylic acid groups (broad SMARTS) is 1. The minimum Gasteiger partial charge on any atom is -0.478 e. The Morgan fingerprint density at radius 3 is 2.67 bits per heavy atom. The second kappa shape index (κ2) is 5.45. The number of hydrogen-bond donors (Lipinski definition) is 1. The van der Waals surface area contributed by atoms with E-state index in [2.05, 4.69) is 11.1 Å². The zero-order chi connectivity index (χ0) is 16.7. The van der Waals surface area contributed by atoms with Gasteiger partial charge in [0.25, 0.3) is 5.56 Å². The molecule has 0 spiro atoms. The Kier molecular flexibility index (Phi) is 3.27. The van der Waals surface area contributed by atoms with Gasteiger partial charge in [-0.3, -0.25) is 9.20 Å². The molecule has 0 fully saturated rings. The lowest BCUT2D eigenvalue weighted by molar-refractivity contribution is 0.0696. The fraction of sp³-hybridized carbons (Fsp3) is 0.105. The van der Waals surface area contributed by atoms with Crippen LogP contribution in [0.25, 0.3) is 17.3 Å². The molecule has 0 radical (unpaired) electrons. The summed E-state index contributed by atoms with van der Waals surface area (Å²) in [5, 5.41) is 9.09. The van der Waals surface area contributed by atoms with E-state index < -0.39 is 5.97 Å². The third-order valence-electron chi connectivity index (χ3n) is 4.25. The molecule has 4 rings (SSSR count). The highest BCUT2D eigenvalue weighted by Crippen LogP contribution is 2.30. The Balaban J connectivity index is 1.90. The fourth-order valence-corrected chi connectivity index (χ4v) is 3.06. The number of aromatic nitrogens is 2. The average Bonchev–Trinajstić information content (AvgIpc) is 2.99. The van der Waals surface area contributed by atoms with E-state index in [1.165, 1.54) is 16.7 Å². The maximum absolute atomic E-state index is 12.7. The topological polar surface area (TPSA) is 71.7 Å². The molecule has 0 atom stereocenters. The monoisotopic (exact) mass is 318 g/mol. The largest absolute Gasteiger partial charge is 0.478 e.